The topological polar surface area (TPSA) is 369 Å². The van der Waals surface area contributed by atoms with Crippen molar-refractivity contribution in [3.63, 3.8) is 0 Å². The molecule has 1 aliphatic carbocycles. The lowest BCUT2D eigenvalue weighted by Crippen LogP contribution is -2.66. The Morgan fingerprint density at radius 3 is 0.703 bits per heavy atom. The van der Waals surface area contributed by atoms with Crippen molar-refractivity contribution in [3.05, 3.63) is 0 Å². The van der Waals surface area contributed by atoms with Gasteiger partial charge in [0.05, 0.1) is 0 Å². The largest absolute Gasteiger partial charge is 0.470 e. The van der Waals surface area contributed by atoms with Gasteiger partial charge in [-0.2, -0.15) is 0 Å². The first-order valence-electron chi connectivity index (χ1n) is 8.64. The molecule has 0 spiro atoms. The third-order valence-corrected chi connectivity index (χ3v) is 7.76. The molecule has 3 unspecified atom stereocenters. The SMILES string of the molecule is COP(C)(=O)OC1[C@H](OP(=O)(O)O)[C@H](OP(=O)(O)O)C(OP(=O)(O)O)[C@H](OP(=O)(O)O)[C@H]1OP(=O)(O)O. The van der Waals surface area contributed by atoms with Gasteiger partial charge in [-0.25, -0.2) is 22.8 Å². The number of rotatable bonds is 13. The summed E-state index contributed by atoms with van der Waals surface area (Å²) in [4.78, 5) is 92.7. The Kier molecular flexibility index (Phi) is 11.9. The van der Waals surface area contributed by atoms with Crippen molar-refractivity contribution in [2.75, 3.05) is 13.8 Å². The fourth-order valence-corrected chi connectivity index (χ4v) is 6.45. The van der Waals surface area contributed by atoms with Crippen LogP contribution >= 0.6 is 46.7 Å². The van der Waals surface area contributed by atoms with Crippen molar-refractivity contribution in [2.24, 2.45) is 0 Å². The van der Waals surface area contributed by atoms with E-state index in [0.29, 0.717) is 13.8 Å². The Hall–Kier alpha value is 0.700. The highest BCUT2D eigenvalue weighted by molar-refractivity contribution is 7.53. The molecule has 0 aliphatic heterocycles. The van der Waals surface area contributed by atoms with Crippen LogP contribution < -0.4 is 0 Å². The monoisotopic (exact) mass is 672 g/mol. The average molecular weight is 672 g/mol. The molecule has 37 heavy (non-hydrogen) atoms. The summed E-state index contributed by atoms with van der Waals surface area (Å²) in [6, 6.07) is 0. The quantitative estimate of drug-likeness (QED) is 0.0969. The van der Waals surface area contributed by atoms with Crippen molar-refractivity contribution in [1.29, 1.82) is 0 Å². The zero-order chi connectivity index (χ0) is 29.4. The molecule has 0 aromatic carbocycles. The number of phosphoric ester groups is 5. The van der Waals surface area contributed by atoms with Gasteiger partial charge in [0.15, 0.2) is 0 Å². The molecule has 0 bridgehead atoms. The minimum atomic E-state index is -5.95. The van der Waals surface area contributed by atoms with Crippen molar-refractivity contribution < 1.29 is 108 Å². The van der Waals surface area contributed by atoms with E-state index in [1.165, 1.54) is 0 Å². The second-order valence-corrected chi connectivity index (χ2v) is 14.9. The van der Waals surface area contributed by atoms with Gasteiger partial charge in [0.2, 0.25) is 0 Å². The van der Waals surface area contributed by atoms with E-state index in [1.807, 2.05) is 0 Å². The Balaban J connectivity index is 4.07. The zero-order valence-corrected chi connectivity index (χ0v) is 23.3. The number of phosphoric acid groups is 5. The van der Waals surface area contributed by atoms with Gasteiger partial charge in [-0.15, -0.1) is 0 Å². The molecule has 0 saturated heterocycles. The van der Waals surface area contributed by atoms with E-state index in [1.54, 1.807) is 0 Å². The minimum Gasteiger partial charge on any atom is -0.312 e. The Bertz CT molecular complexity index is 1010. The molecule has 7 atom stereocenters. The molecule has 1 fully saturated rings. The molecule has 10 N–H and O–H groups in total. The molecule has 29 heteroatoms. The van der Waals surface area contributed by atoms with Crippen LogP contribution in [0, 0.1) is 0 Å². The first-order valence-corrected chi connectivity index (χ1v) is 18.3. The zero-order valence-electron chi connectivity index (χ0n) is 17.9. The predicted octanol–water partition coefficient (Wildman–Crippen LogP) is -1.76. The van der Waals surface area contributed by atoms with Crippen LogP contribution in [0.15, 0.2) is 0 Å². The van der Waals surface area contributed by atoms with E-state index in [9.17, 15) is 76.3 Å². The Morgan fingerprint density at radius 2 is 0.568 bits per heavy atom. The fraction of sp³-hybridized carbons (Fsp3) is 1.00. The Labute approximate surface area is 205 Å². The fourth-order valence-electron chi connectivity index (χ4n) is 2.90. The molecule has 0 amide bonds. The van der Waals surface area contributed by atoms with Crippen molar-refractivity contribution in [2.45, 2.75) is 36.6 Å². The van der Waals surface area contributed by atoms with Crippen LogP contribution in [0.3, 0.4) is 0 Å². The highest BCUT2D eigenvalue weighted by Crippen LogP contribution is 2.58. The summed E-state index contributed by atoms with van der Waals surface area (Å²) < 4.78 is 101. The highest BCUT2D eigenvalue weighted by Gasteiger charge is 2.62. The second-order valence-electron chi connectivity index (χ2n) is 6.83. The van der Waals surface area contributed by atoms with Gasteiger partial charge in [0.25, 0.3) is 0 Å². The van der Waals surface area contributed by atoms with E-state index in [-0.39, 0.29) is 0 Å². The molecule has 0 heterocycles. The lowest BCUT2D eigenvalue weighted by molar-refractivity contribution is -0.200. The van der Waals surface area contributed by atoms with E-state index in [4.69, 9.17) is 4.52 Å². The lowest BCUT2D eigenvalue weighted by Gasteiger charge is -2.48. The standard InChI is InChI=1S/C8H22O23P6/c1-25-32(2,9)26-3-4(27-33(10,11)12)6(29-35(16,17)18)8(31-37(22,23)24)7(30-36(19,20)21)5(3)28-34(13,14)15/h3-8H,1-2H3,(H2,10,11,12)(H2,13,14,15)(H2,16,17,18)(H2,19,20,21)(H2,22,23,24)/t3?,4-,5-,6-,7+,8?,32?/m0/s1. The first kappa shape index (κ1) is 35.7. The summed E-state index contributed by atoms with van der Waals surface area (Å²) in [6.45, 7) is 0.631. The summed E-state index contributed by atoms with van der Waals surface area (Å²) in [5, 5.41) is 0. The summed E-state index contributed by atoms with van der Waals surface area (Å²) >= 11 is 0. The smallest absolute Gasteiger partial charge is 0.312 e. The van der Waals surface area contributed by atoms with E-state index >= 15 is 0 Å². The maximum atomic E-state index is 12.5. The van der Waals surface area contributed by atoms with E-state index in [0.717, 1.165) is 0 Å². The van der Waals surface area contributed by atoms with Crippen LogP contribution in [0.4, 0.5) is 0 Å². The summed E-state index contributed by atoms with van der Waals surface area (Å²) in [6.07, 6.45) is -17.5. The summed E-state index contributed by atoms with van der Waals surface area (Å²) in [5.74, 6) is 0. The normalized spacial score (nSPS) is 30.2. The summed E-state index contributed by atoms with van der Waals surface area (Å²) in [5.41, 5.74) is 0. The number of hydrogen-bond acceptors (Lipinski definition) is 13. The highest BCUT2D eigenvalue weighted by atomic mass is 31.2. The summed E-state index contributed by atoms with van der Waals surface area (Å²) in [7, 11) is -33.4. The molecule has 23 nitrogen and oxygen atoms in total. The number of hydrogen-bond donors (Lipinski definition) is 10. The molecule has 0 radical (unpaired) electrons. The van der Waals surface area contributed by atoms with Gasteiger partial charge in [-0.3, -0.25) is 31.7 Å². The van der Waals surface area contributed by atoms with Gasteiger partial charge >= 0.3 is 46.7 Å². The van der Waals surface area contributed by atoms with Crippen LogP contribution in [0.5, 0.6) is 0 Å². The molecule has 0 aromatic heterocycles. The van der Waals surface area contributed by atoms with Gasteiger partial charge in [0, 0.05) is 13.8 Å². The van der Waals surface area contributed by atoms with E-state index < -0.39 is 83.3 Å². The van der Waals surface area contributed by atoms with E-state index in [2.05, 4.69) is 27.1 Å². The predicted molar refractivity (Wildman–Crippen MR) is 110 cm³/mol. The molecule has 222 valence electrons. The maximum Gasteiger partial charge on any atom is 0.470 e. The van der Waals surface area contributed by atoms with Crippen LogP contribution in [-0.2, 0) is 59.1 Å². The van der Waals surface area contributed by atoms with Gasteiger partial charge in [-0.05, 0) is 0 Å². The van der Waals surface area contributed by atoms with Gasteiger partial charge in [-0.1, -0.05) is 0 Å². The molecule has 1 saturated carbocycles. The van der Waals surface area contributed by atoms with Crippen molar-refractivity contribution in [1.82, 2.24) is 0 Å². The van der Waals surface area contributed by atoms with Crippen LogP contribution in [0.25, 0.3) is 0 Å². The molecule has 1 rings (SSSR count). The molecule has 1 aliphatic rings. The molecular weight excluding hydrogens is 650 g/mol. The van der Waals surface area contributed by atoms with Crippen LogP contribution in [-0.4, -0.2) is 99.3 Å². The first-order chi connectivity index (χ1) is 16.1. The van der Waals surface area contributed by atoms with Gasteiger partial charge < -0.3 is 53.5 Å². The maximum absolute atomic E-state index is 12.5. The van der Waals surface area contributed by atoms with Crippen molar-refractivity contribution in [3.8, 4) is 0 Å². The third kappa shape index (κ3) is 13.3. The average Bonchev–Trinajstić information content (AvgIpc) is 2.59. The Morgan fingerprint density at radius 1 is 0.405 bits per heavy atom. The van der Waals surface area contributed by atoms with Crippen LogP contribution in [0.1, 0.15) is 0 Å². The second kappa shape index (κ2) is 12.3. The van der Waals surface area contributed by atoms with Gasteiger partial charge in [0.1, 0.15) is 36.6 Å². The minimum absolute atomic E-state index is 0.631. The van der Waals surface area contributed by atoms with Crippen LogP contribution in [0.2, 0.25) is 0 Å². The molecule has 0 aromatic rings. The lowest BCUT2D eigenvalue weighted by atomic mass is 9.85. The van der Waals surface area contributed by atoms with Crippen molar-refractivity contribution >= 4 is 46.7 Å². The molecular formula is C8H22O23P6. The third-order valence-electron chi connectivity index (χ3n) is 3.88.